The number of rotatable bonds is 2. The predicted octanol–water partition coefficient (Wildman–Crippen LogP) is 2.45. The van der Waals surface area contributed by atoms with Crippen LogP contribution in [-0.2, 0) is 12.8 Å². The molecule has 1 nitrogen and oxygen atoms in total. The molecule has 74 valence electrons. The minimum Gasteiger partial charge on any atom is -0.330 e. The van der Waals surface area contributed by atoms with Gasteiger partial charge < -0.3 is 5.73 Å². The fraction of sp³-hybridized carbons (Fsp3) is 0.385. The molecule has 2 rings (SSSR count). The Balaban J connectivity index is 2.13. The summed E-state index contributed by atoms with van der Waals surface area (Å²) in [6, 6.07) is 8.75. The van der Waals surface area contributed by atoms with Crippen LogP contribution < -0.4 is 5.73 Å². The normalized spacial score (nSPS) is 18.2. The lowest BCUT2D eigenvalue weighted by atomic mass is 9.88. The highest BCUT2D eigenvalue weighted by Gasteiger charge is 2.10. The first-order chi connectivity index (χ1) is 6.90. The molecule has 1 aliphatic carbocycles. The van der Waals surface area contributed by atoms with E-state index >= 15 is 0 Å². The van der Waals surface area contributed by atoms with E-state index in [1.807, 2.05) is 0 Å². The van der Waals surface area contributed by atoms with E-state index in [9.17, 15) is 0 Å². The molecule has 0 saturated carbocycles. The predicted molar refractivity (Wildman–Crippen MR) is 60.2 cm³/mol. The Hall–Kier alpha value is -1.08. The van der Waals surface area contributed by atoms with Crippen LogP contribution in [0.3, 0.4) is 0 Å². The maximum atomic E-state index is 5.50. The van der Waals surface area contributed by atoms with Crippen LogP contribution in [0.1, 0.15) is 24.0 Å². The molecular weight excluding hydrogens is 170 g/mol. The zero-order chi connectivity index (χ0) is 9.80. The van der Waals surface area contributed by atoms with Gasteiger partial charge in [0, 0.05) is 0 Å². The maximum Gasteiger partial charge on any atom is -0.00425 e. The summed E-state index contributed by atoms with van der Waals surface area (Å²) in [6.45, 7) is 0.769. The summed E-state index contributed by atoms with van der Waals surface area (Å²) in [5.41, 5.74) is 10.1. The first kappa shape index (κ1) is 9.47. The van der Waals surface area contributed by atoms with Crippen LogP contribution in [0.5, 0.6) is 0 Å². The molecule has 1 heteroatoms. The summed E-state index contributed by atoms with van der Waals surface area (Å²) in [6.07, 6.45) is 6.90. The average Bonchev–Trinajstić information content (AvgIpc) is 2.26. The summed E-state index contributed by atoms with van der Waals surface area (Å²) in [7, 11) is 0. The second-order valence-corrected chi connectivity index (χ2v) is 3.89. The van der Waals surface area contributed by atoms with Gasteiger partial charge in [0.2, 0.25) is 0 Å². The molecule has 1 aromatic rings. The van der Waals surface area contributed by atoms with E-state index in [0.717, 1.165) is 19.4 Å². The second-order valence-electron chi connectivity index (χ2n) is 3.89. The van der Waals surface area contributed by atoms with Gasteiger partial charge >= 0.3 is 0 Å². The van der Waals surface area contributed by atoms with Gasteiger partial charge in [0.05, 0.1) is 0 Å². The molecule has 0 heterocycles. The molecule has 0 aliphatic heterocycles. The molecule has 1 aliphatic rings. The largest absolute Gasteiger partial charge is 0.330 e. The number of benzene rings is 1. The van der Waals surface area contributed by atoms with Gasteiger partial charge in [-0.1, -0.05) is 35.9 Å². The van der Waals surface area contributed by atoms with Gasteiger partial charge in [-0.25, -0.2) is 0 Å². The molecule has 14 heavy (non-hydrogen) atoms. The third kappa shape index (κ3) is 2.05. The molecule has 1 aromatic carbocycles. The van der Waals surface area contributed by atoms with Gasteiger partial charge in [-0.05, 0) is 43.4 Å². The van der Waals surface area contributed by atoms with Crippen molar-refractivity contribution in [2.75, 3.05) is 6.54 Å². The van der Waals surface area contributed by atoms with Crippen molar-refractivity contribution in [1.29, 1.82) is 0 Å². The molecule has 2 N–H and O–H groups in total. The number of aryl methyl sites for hydroxylation is 1. The SMILES string of the molecule is NCC/C=C1/CCc2ccccc2C1. The van der Waals surface area contributed by atoms with E-state index in [4.69, 9.17) is 5.73 Å². The van der Waals surface area contributed by atoms with Gasteiger partial charge in [-0.2, -0.15) is 0 Å². The van der Waals surface area contributed by atoms with E-state index in [0.29, 0.717) is 0 Å². The molecule has 0 spiro atoms. The number of fused-ring (bicyclic) bond motifs is 1. The van der Waals surface area contributed by atoms with Crippen molar-refractivity contribution < 1.29 is 0 Å². The average molecular weight is 187 g/mol. The zero-order valence-electron chi connectivity index (χ0n) is 8.50. The number of nitrogens with two attached hydrogens (primary N) is 1. The molecular formula is C13H17N. The summed E-state index contributed by atoms with van der Waals surface area (Å²) in [5, 5.41) is 0. The van der Waals surface area contributed by atoms with E-state index in [-0.39, 0.29) is 0 Å². The van der Waals surface area contributed by atoms with E-state index in [2.05, 4.69) is 30.3 Å². The molecule has 0 bridgehead atoms. The molecule has 0 saturated heterocycles. The van der Waals surface area contributed by atoms with Crippen molar-refractivity contribution in [3.63, 3.8) is 0 Å². The van der Waals surface area contributed by atoms with Gasteiger partial charge in [-0.3, -0.25) is 0 Å². The highest BCUT2D eigenvalue weighted by Crippen LogP contribution is 2.24. The van der Waals surface area contributed by atoms with Crippen molar-refractivity contribution in [3.05, 3.63) is 47.0 Å². The van der Waals surface area contributed by atoms with E-state index < -0.39 is 0 Å². The van der Waals surface area contributed by atoms with Crippen LogP contribution in [0, 0.1) is 0 Å². The quantitative estimate of drug-likeness (QED) is 0.707. The van der Waals surface area contributed by atoms with E-state index in [1.165, 1.54) is 24.0 Å². The highest BCUT2D eigenvalue weighted by atomic mass is 14.5. The van der Waals surface area contributed by atoms with Gasteiger partial charge in [0.15, 0.2) is 0 Å². The number of hydrogen-bond acceptors (Lipinski definition) is 1. The maximum absolute atomic E-state index is 5.50. The molecule has 0 amide bonds. The van der Waals surface area contributed by atoms with Crippen molar-refractivity contribution >= 4 is 0 Å². The van der Waals surface area contributed by atoms with Crippen LogP contribution in [0.2, 0.25) is 0 Å². The number of allylic oxidation sites excluding steroid dienone is 1. The summed E-state index contributed by atoms with van der Waals surface area (Å²) < 4.78 is 0. The lowest BCUT2D eigenvalue weighted by Crippen LogP contribution is -2.06. The molecule has 0 radical (unpaired) electrons. The van der Waals surface area contributed by atoms with Crippen LogP contribution in [0.15, 0.2) is 35.9 Å². The topological polar surface area (TPSA) is 26.0 Å². The second kappa shape index (κ2) is 4.43. The summed E-state index contributed by atoms with van der Waals surface area (Å²) >= 11 is 0. The van der Waals surface area contributed by atoms with Crippen molar-refractivity contribution in [3.8, 4) is 0 Å². The Bertz CT molecular complexity index is 339. The fourth-order valence-electron chi connectivity index (χ4n) is 2.06. The first-order valence-electron chi connectivity index (χ1n) is 5.35. The van der Waals surface area contributed by atoms with Crippen LogP contribution in [0.4, 0.5) is 0 Å². The Kier molecular flexibility index (Phi) is 3.00. The fourth-order valence-corrected chi connectivity index (χ4v) is 2.06. The Morgan fingerprint density at radius 3 is 2.71 bits per heavy atom. The minimum absolute atomic E-state index is 0.769. The highest BCUT2D eigenvalue weighted by molar-refractivity contribution is 5.35. The Morgan fingerprint density at radius 2 is 1.93 bits per heavy atom. The Morgan fingerprint density at radius 1 is 1.14 bits per heavy atom. The summed E-state index contributed by atoms with van der Waals surface area (Å²) in [5.74, 6) is 0. The molecule has 0 aromatic heterocycles. The molecule has 0 atom stereocenters. The van der Waals surface area contributed by atoms with Gasteiger partial charge in [0.1, 0.15) is 0 Å². The zero-order valence-corrected chi connectivity index (χ0v) is 8.50. The smallest absolute Gasteiger partial charge is 0.00425 e. The molecule has 0 fully saturated rings. The lowest BCUT2D eigenvalue weighted by Gasteiger charge is -2.18. The third-order valence-electron chi connectivity index (χ3n) is 2.85. The van der Waals surface area contributed by atoms with Gasteiger partial charge in [-0.15, -0.1) is 0 Å². The van der Waals surface area contributed by atoms with Crippen molar-refractivity contribution in [2.45, 2.75) is 25.7 Å². The lowest BCUT2D eigenvalue weighted by molar-refractivity contribution is 0.822. The van der Waals surface area contributed by atoms with Gasteiger partial charge in [0.25, 0.3) is 0 Å². The van der Waals surface area contributed by atoms with Crippen molar-refractivity contribution in [2.24, 2.45) is 5.73 Å². The summed E-state index contributed by atoms with van der Waals surface area (Å²) in [4.78, 5) is 0. The Labute approximate surface area is 85.6 Å². The van der Waals surface area contributed by atoms with Crippen molar-refractivity contribution in [1.82, 2.24) is 0 Å². The standard InChI is InChI=1S/C13H17N/c14-9-3-4-11-7-8-12-5-1-2-6-13(12)10-11/h1-2,4-6H,3,7-10,14H2/b11-4-. The molecule has 0 unspecified atom stereocenters. The first-order valence-corrected chi connectivity index (χ1v) is 5.35. The van der Waals surface area contributed by atoms with E-state index in [1.54, 1.807) is 5.57 Å². The van der Waals surface area contributed by atoms with Crippen LogP contribution in [-0.4, -0.2) is 6.54 Å². The van der Waals surface area contributed by atoms with Crippen LogP contribution in [0.25, 0.3) is 0 Å². The third-order valence-corrected chi connectivity index (χ3v) is 2.85. The van der Waals surface area contributed by atoms with Crippen LogP contribution >= 0.6 is 0 Å². The number of hydrogen-bond donors (Lipinski definition) is 1. The monoisotopic (exact) mass is 187 g/mol. The minimum atomic E-state index is 0.769.